The third-order valence-corrected chi connectivity index (χ3v) is 4.85. The van der Waals surface area contributed by atoms with Crippen molar-refractivity contribution in [2.24, 2.45) is 0 Å². The fraction of sp³-hybridized carbons (Fsp3) is 0.250. The molecule has 0 aliphatic rings. The molecule has 2 aromatic carbocycles. The van der Waals surface area contributed by atoms with Crippen LogP contribution in [-0.2, 0) is 6.54 Å². The van der Waals surface area contributed by atoms with Crippen molar-refractivity contribution in [3.8, 4) is 5.75 Å². The molecule has 0 atom stereocenters. The Balaban J connectivity index is 1.90. The number of nitrogens with zero attached hydrogens (tertiary/aromatic N) is 3. The van der Waals surface area contributed by atoms with Crippen molar-refractivity contribution in [2.75, 3.05) is 18.3 Å². The van der Waals surface area contributed by atoms with Gasteiger partial charge in [-0.2, -0.15) is 4.68 Å². The lowest BCUT2D eigenvalue weighted by molar-refractivity contribution is 0.0966. The van der Waals surface area contributed by atoms with E-state index in [1.807, 2.05) is 57.2 Å². The highest BCUT2D eigenvalue weighted by Gasteiger charge is 2.17. The number of carbonyl (C=O) groups is 1. The summed E-state index contributed by atoms with van der Waals surface area (Å²) < 4.78 is 8.50. The van der Waals surface area contributed by atoms with E-state index in [0.717, 1.165) is 16.7 Å². The number of nitrogens with two attached hydrogens (primary N) is 1. The van der Waals surface area contributed by atoms with Crippen molar-refractivity contribution in [3.63, 3.8) is 0 Å². The van der Waals surface area contributed by atoms with E-state index in [0.29, 0.717) is 21.8 Å². The summed E-state index contributed by atoms with van der Waals surface area (Å²) in [5.74, 6) is 0.729. The normalized spacial score (nSPS) is 10.7. The summed E-state index contributed by atoms with van der Waals surface area (Å²) in [5.41, 5.74) is 13.5. The lowest BCUT2D eigenvalue weighted by atomic mass is 9.96. The number of nitrogen functional groups attached to an aromatic ring is 1. The number of para-hydroxylation sites is 2. The van der Waals surface area contributed by atoms with Gasteiger partial charge in [0.25, 0.3) is 0 Å². The fourth-order valence-electron chi connectivity index (χ4n) is 3.33. The molecule has 0 radical (unpaired) electrons. The van der Waals surface area contributed by atoms with Gasteiger partial charge < -0.3 is 10.5 Å². The van der Waals surface area contributed by atoms with Gasteiger partial charge in [0.2, 0.25) is 10.7 Å². The molecule has 8 heteroatoms. The number of anilines is 2. The van der Waals surface area contributed by atoms with Crippen molar-refractivity contribution in [1.82, 2.24) is 14.5 Å². The van der Waals surface area contributed by atoms with Crippen LogP contribution in [0.2, 0.25) is 0 Å². The molecule has 0 saturated carbocycles. The number of aryl methyl sites for hydroxylation is 3. The molecule has 3 rings (SSSR count). The average Bonchev–Trinajstić information content (AvgIpc) is 2.88. The first-order valence-electron chi connectivity index (χ1n) is 8.78. The number of nitrogens with one attached hydrogen (secondary N) is 1. The van der Waals surface area contributed by atoms with Gasteiger partial charge >= 0.3 is 0 Å². The van der Waals surface area contributed by atoms with Crippen molar-refractivity contribution in [2.45, 2.75) is 27.3 Å². The molecule has 28 heavy (non-hydrogen) atoms. The molecule has 3 N–H and O–H groups in total. The molecule has 0 spiro atoms. The summed E-state index contributed by atoms with van der Waals surface area (Å²) in [4.78, 5) is 12.9. The first-order chi connectivity index (χ1) is 13.3. The third kappa shape index (κ3) is 3.77. The van der Waals surface area contributed by atoms with E-state index in [1.54, 1.807) is 7.11 Å². The van der Waals surface area contributed by atoms with Gasteiger partial charge in [0.1, 0.15) is 12.3 Å². The predicted molar refractivity (Wildman–Crippen MR) is 112 cm³/mol. The van der Waals surface area contributed by atoms with Gasteiger partial charge in [0.15, 0.2) is 5.78 Å². The minimum absolute atomic E-state index is 0.00831. The van der Waals surface area contributed by atoms with Crippen LogP contribution in [0.4, 0.5) is 11.6 Å². The van der Waals surface area contributed by atoms with Crippen LogP contribution in [0.5, 0.6) is 5.75 Å². The Morgan fingerprint density at radius 3 is 2.50 bits per heavy atom. The van der Waals surface area contributed by atoms with E-state index < -0.39 is 0 Å². The molecule has 0 aliphatic heterocycles. The van der Waals surface area contributed by atoms with Crippen LogP contribution in [0.25, 0.3) is 0 Å². The van der Waals surface area contributed by atoms with E-state index in [9.17, 15) is 4.79 Å². The molecular weight excluding hydrogens is 374 g/mol. The van der Waals surface area contributed by atoms with Gasteiger partial charge in [-0.1, -0.05) is 29.8 Å². The zero-order chi connectivity index (χ0) is 20.4. The molecule has 3 aromatic rings. The lowest BCUT2D eigenvalue weighted by Crippen LogP contribution is -2.16. The van der Waals surface area contributed by atoms with E-state index in [2.05, 4.69) is 10.5 Å². The van der Waals surface area contributed by atoms with Gasteiger partial charge in [-0.25, -0.2) is 4.68 Å². The Bertz CT molecular complexity index is 1080. The largest absolute Gasteiger partial charge is 0.495 e. The van der Waals surface area contributed by atoms with Crippen LogP contribution in [-0.4, -0.2) is 27.3 Å². The summed E-state index contributed by atoms with van der Waals surface area (Å²) in [6.07, 6.45) is 0. The molecule has 0 aliphatic carbocycles. The Hall–Kier alpha value is -3.13. The molecule has 0 bridgehead atoms. The maximum absolute atomic E-state index is 12.9. The second-order valence-electron chi connectivity index (χ2n) is 6.64. The monoisotopic (exact) mass is 397 g/mol. The van der Waals surface area contributed by atoms with Crippen molar-refractivity contribution >= 4 is 29.6 Å². The number of carbonyl (C=O) groups excluding carboxylic acids is 1. The molecule has 146 valence electrons. The topological polar surface area (TPSA) is 87.1 Å². The molecule has 1 heterocycles. The van der Waals surface area contributed by atoms with Crippen LogP contribution in [0.3, 0.4) is 0 Å². The first kappa shape index (κ1) is 19.6. The van der Waals surface area contributed by atoms with Gasteiger partial charge in [0, 0.05) is 5.56 Å². The second-order valence-corrected chi connectivity index (χ2v) is 7.01. The van der Waals surface area contributed by atoms with Crippen LogP contribution < -0.4 is 15.9 Å². The summed E-state index contributed by atoms with van der Waals surface area (Å²) in [5, 5.41) is 4.23. The Labute approximate surface area is 168 Å². The number of Topliss-reactive ketones (excluding diaryl/α,β-unsaturated/α-hetero) is 1. The Kier molecular flexibility index (Phi) is 5.51. The Morgan fingerprint density at radius 2 is 1.86 bits per heavy atom. The van der Waals surface area contributed by atoms with Crippen molar-refractivity contribution in [3.05, 3.63) is 63.4 Å². The van der Waals surface area contributed by atoms with E-state index >= 15 is 0 Å². The van der Waals surface area contributed by atoms with Gasteiger partial charge in [-0.15, -0.1) is 5.10 Å². The lowest BCUT2D eigenvalue weighted by Gasteiger charge is -2.12. The highest BCUT2D eigenvalue weighted by atomic mass is 32.1. The van der Waals surface area contributed by atoms with Crippen molar-refractivity contribution < 1.29 is 9.53 Å². The zero-order valence-corrected chi connectivity index (χ0v) is 17.1. The molecule has 0 saturated heterocycles. The highest BCUT2D eigenvalue weighted by molar-refractivity contribution is 7.71. The van der Waals surface area contributed by atoms with E-state index in [4.69, 9.17) is 22.7 Å². The highest BCUT2D eigenvalue weighted by Crippen LogP contribution is 2.24. The van der Waals surface area contributed by atoms with E-state index in [-0.39, 0.29) is 18.3 Å². The predicted octanol–water partition coefficient (Wildman–Crippen LogP) is 3.69. The second kappa shape index (κ2) is 7.85. The maximum Gasteiger partial charge on any atom is 0.240 e. The molecular formula is C20H23N5O2S. The number of hydrogen-bond donors (Lipinski definition) is 2. The van der Waals surface area contributed by atoms with Crippen LogP contribution in [0.1, 0.15) is 27.0 Å². The number of ketones is 1. The molecule has 0 fully saturated rings. The standard InChI is InChI=1S/C20H23N5O2S/c1-12-9-13(2)18(14(3)10-12)16(26)11-24-20(28)25(19(21)23-24)22-15-7-5-6-8-17(15)27-4/h5-10,22H,11H2,1-4H3,(H2,21,23). The average molecular weight is 398 g/mol. The Morgan fingerprint density at radius 1 is 1.21 bits per heavy atom. The molecule has 7 nitrogen and oxygen atoms in total. The van der Waals surface area contributed by atoms with E-state index in [1.165, 1.54) is 9.36 Å². The summed E-state index contributed by atoms with van der Waals surface area (Å²) in [6, 6.07) is 11.4. The third-order valence-electron chi connectivity index (χ3n) is 4.45. The smallest absolute Gasteiger partial charge is 0.240 e. The SMILES string of the molecule is COc1ccccc1Nn1c(N)nn(CC(=O)c2c(C)cc(C)cc2C)c1=S. The first-order valence-corrected chi connectivity index (χ1v) is 9.19. The number of methoxy groups -OCH3 is 1. The van der Waals surface area contributed by atoms with Gasteiger partial charge in [0.05, 0.1) is 12.8 Å². The molecule has 1 aromatic heterocycles. The minimum atomic E-state index is -0.0620. The number of benzene rings is 2. The minimum Gasteiger partial charge on any atom is -0.495 e. The number of rotatable bonds is 6. The number of aromatic nitrogens is 3. The quantitative estimate of drug-likeness (QED) is 0.487. The number of hydrogen-bond acceptors (Lipinski definition) is 6. The van der Waals surface area contributed by atoms with Gasteiger partial charge in [-0.05, 0) is 56.2 Å². The summed E-state index contributed by atoms with van der Waals surface area (Å²) in [7, 11) is 1.58. The van der Waals surface area contributed by atoms with Crippen LogP contribution >= 0.6 is 12.2 Å². The summed E-state index contributed by atoms with van der Waals surface area (Å²) in [6.45, 7) is 5.88. The van der Waals surface area contributed by atoms with Crippen LogP contribution in [0.15, 0.2) is 36.4 Å². The van der Waals surface area contributed by atoms with Crippen molar-refractivity contribution in [1.29, 1.82) is 0 Å². The maximum atomic E-state index is 12.9. The fourth-order valence-corrected chi connectivity index (χ4v) is 3.57. The molecule has 0 unspecified atom stereocenters. The summed E-state index contributed by atoms with van der Waals surface area (Å²) >= 11 is 5.47. The zero-order valence-electron chi connectivity index (χ0n) is 16.3. The number of ether oxygens (including phenoxy) is 1. The molecule has 0 amide bonds. The van der Waals surface area contributed by atoms with Crippen LogP contribution in [0, 0.1) is 25.5 Å². The van der Waals surface area contributed by atoms with Gasteiger partial charge in [-0.3, -0.25) is 10.2 Å².